The van der Waals surface area contributed by atoms with Gasteiger partial charge in [0.1, 0.15) is 18.0 Å². The van der Waals surface area contributed by atoms with Gasteiger partial charge in [-0.25, -0.2) is 0 Å². The first kappa shape index (κ1) is 19.2. The number of fused-ring (bicyclic) bond motifs is 2. The lowest BCUT2D eigenvalue weighted by molar-refractivity contribution is -0.384. The molecule has 0 spiro atoms. The molecule has 2 aliphatic heterocycles. The van der Waals surface area contributed by atoms with Gasteiger partial charge in [-0.2, -0.15) is 0 Å². The molecule has 1 atom stereocenters. The van der Waals surface area contributed by atoms with Crippen LogP contribution >= 0.6 is 15.9 Å². The molecule has 2 heterocycles. The zero-order valence-corrected chi connectivity index (χ0v) is 16.7. The molecule has 1 unspecified atom stereocenters. The van der Waals surface area contributed by atoms with Crippen molar-refractivity contribution >= 4 is 39.1 Å². The van der Waals surface area contributed by atoms with Crippen LogP contribution in [0.25, 0.3) is 0 Å². The monoisotopic (exact) mass is 461 g/mol. The fourth-order valence-electron chi connectivity index (χ4n) is 3.38. The van der Waals surface area contributed by atoms with Crippen molar-refractivity contribution < 1.29 is 24.0 Å². The smallest absolute Gasteiger partial charge is 0.271 e. The minimum atomic E-state index is -0.561. The maximum Gasteiger partial charge on any atom is 0.271 e. The summed E-state index contributed by atoms with van der Waals surface area (Å²) in [6.07, 6.45) is 0.592. The van der Waals surface area contributed by atoms with Crippen molar-refractivity contribution in [3.05, 3.63) is 56.5 Å². The van der Waals surface area contributed by atoms with Crippen molar-refractivity contribution in [2.24, 2.45) is 0 Å². The van der Waals surface area contributed by atoms with Gasteiger partial charge >= 0.3 is 0 Å². The molecule has 9 nitrogen and oxygen atoms in total. The third kappa shape index (κ3) is 3.88. The van der Waals surface area contributed by atoms with Crippen molar-refractivity contribution in [2.45, 2.75) is 12.5 Å². The number of rotatable bonds is 4. The SMILES string of the molecule is O=C(CN1C(=O)COc2ccc([N+](=O)[O-])cc21)NC1CCOc2ccc(Br)cc21. The number of amides is 2. The standard InChI is InChI=1S/C19H16BrN3O6/c20-11-1-3-16-13(7-11)14(5-6-28-16)21-18(24)9-22-15-8-12(23(26)27)2-4-17(15)29-10-19(22)25/h1-4,7-8,14H,5-6,9-10H2,(H,21,24). The van der Waals surface area contributed by atoms with E-state index in [0.29, 0.717) is 24.5 Å². The van der Waals surface area contributed by atoms with Gasteiger partial charge in [0.15, 0.2) is 6.61 Å². The van der Waals surface area contributed by atoms with E-state index < -0.39 is 10.8 Å². The molecule has 10 heteroatoms. The van der Waals surface area contributed by atoms with E-state index >= 15 is 0 Å². The Morgan fingerprint density at radius 2 is 2.03 bits per heavy atom. The lowest BCUT2D eigenvalue weighted by Gasteiger charge is -2.30. The minimum Gasteiger partial charge on any atom is -0.493 e. The first-order chi connectivity index (χ1) is 13.9. The number of ether oxygens (including phenoxy) is 2. The number of nitro groups is 1. The van der Waals surface area contributed by atoms with Gasteiger partial charge < -0.3 is 14.8 Å². The van der Waals surface area contributed by atoms with Crippen LogP contribution in [0.4, 0.5) is 11.4 Å². The first-order valence-electron chi connectivity index (χ1n) is 8.85. The molecule has 1 N–H and O–H groups in total. The lowest BCUT2D eigenvalue weighted by Crippen LogP contribution is -2.46. The summed E-state index contributed by atoms with van der Waals surface area (Å²) in [6.45, 7) is -0.0344. The van der Waals surface area contributed by atoms with Crippen LogP contribution in [-0.4, -0.2) is 36.5 Å². The van der Waals surface area contributed by atoms with Gasteiger partial charge in [-0.15, -0.1) is 0 Å². The maximum absolute atomic E-state index is 12.7. The number of nitro benzene ring substituents is 1. The van der Waals surface area contributed by atoms with E-state index in [1.54, 1.807) is 0 Å². The molecule has 2 amide bonds. The summed E-state index contributed by atoms with van der Waals surface area (Å²) < 4.78 is 11.8. The third-order valence-corrected chi connectivity index (χ3v) is 5.24. The Kier molecular flexibility index (Phi) is 5.10. The van der Waals surface area contributed by atoms with Gasteiger partial charge in [0, 0.05) is 28.6 Å². The summed E-state index contributed by atoms with van der Waals surface area (Å²) in [6, 6.07) is 9.28. The molecule has 2 aromatic carbocycles. The molecule has 0 bridgehead atoms. The summed E-state index contributed by atoms with van der Waals surface area (Å²) in [7, 11) is 0. The van der Waals surface area contributed by atoms with E-state index in [1.807, 2.05) is 18.2 Å². The molecular formula is C19H16BrN3O6. The fourth-order valence-corrected chi connectivity index (χ4v) is 3.76. The lowest BCUT2D eigenvalue weighted by atomic mass is 10.0. The van der Waals surface area contributed by atoms with E-state index in [9.17, 15) is 19.7 Å². The molecular weight excluding hydrogens is 446 g/mol. The van der Waals surface area contributed by atoms with Crippen LogP contribution in [-0.2, 0) is 9.59 Å². The van der Waals surface area contributed by atoms with Crippen LogP contribution in [0.3, 0.4) is 0 Å². The van der Waals surface area contributed by atoms with Crippen molar-refractivity contribution in [2.75, 3.05) is 24.7 Å². The first-order valence-corrected chi connectivity index (χ1v) is 9.65. The van der Waals surface area contributed by atoms with E-state index in [1.165, 1.54) is 23.1 Å². The van der Waals surface area contributed by atoms with Gasteiger partial charge in [0.2, 0.25) is 5.91 Å². The second-order valence-corrected chi connectivity index (χ2v) is 7.53. The number of benzene rings is 2. The van der Waals surface area contributed by atoms with Crippen LogP contribution in [0.1, 0.15) is 18.0 Å². The molecule has 0 saturated carbocycles. The number of carbonyl (C=O) groups is 2. The Bertz CT molecular complexity index is 1010. The van der Waals surface area contributed by atoms with Gasteiger partial charge in [0.05, 0.1) is 23.3 Å². The Balaban J connectivity index is 1.54. The van der Waals surface area contributed by atoms with E-state index in [2.05, 4.69) is 21.2 Å². The Hall–Kier alpha value is -3.14. The van der Waals surface area contributed by atoms with Crippen LogP contribution in [0, 0.1) is 10.1 Å². The number of halogens is 1. The summed E-state index contributed by atoms with van der Waals surface area (Å²) in [5.41, 5.74) is 0.875. The molecule has 2 aliphatic rings. The molecule has 4 rings (SSSR count). The van der Waals surface area contributed by atoms with Crippen LogP contribution in [0.2, 0.25) is 0 Å². The topological polar surface area (TPSA) is 111 Å². The number of hydrogen-bond acceptors (Lipinski definition) is 6. The molecule has 2 aromatic rings. The molecule has 0 fully saturated rings. The second-order valence-electron chi connectivity index (χ2n) is 6.62. The quantitative estimate of drug-likeness (QED) is 0.553. The summed E-state index contributed by atoms with van der Waals surface area (Å²) in [5.74, 6) is 0.204. The molecule has 29 heavy (non-hydrogen) atoms. The zero-order valence-electron chi connectivity index (χ0n) is 15.1. The van der Waals surface area contributed by atoms with E-state index in [4.69, 9.17) is 9.47 Å². The maximum atomic E-state index is 12.7. The summed E-state index contributed by atoms with van der Waals surface area (Å²) in [4.78, 5) is 36.8. The number of anilines is 1. The Morgan fingerprint density at radius 3 is 2.83 bits per heavy atom. The molecule has 0 aliphatic carbocycles. The van der Waals surface area contributed by atoms with Gasteiger partial charge in [0.25, 0.3) is 11.6 Å². The van der Waals surface area contributed by atoms with E-state index in [0.717, 1.165) is 10.0 Å². The average molecular weight is 462 g/mol. The molecule has 150 valence electrons. The number of hydrogen-bond donors (Lipinski definition) is 1. The predicted octanol–water partition coefficient (Wildman–Crippen LogP) is 2.72. The summed E-state index contributed by atoms with van der Waals surface area (Å²) >= 11 is 3.42. The van der Waals surface area contributed by atoms with Crippen LogP contribution in [0.15, 0.2) is 40.9 Å². The normalized spacial score (nSPS) is 17.5. The highest BCUT2D eigenvalue weighted by Gasteiger charge is 2.30. The Labute approximate surface area is 173 Å². The number of non-ortho nitro benzene ring substituents is 1. The van der Waals surface area contributed by atoms with Gasteiger partial charge in [-0.1, -0.05) is 15.9 Å². The number of nitrogens with one attached hydrogen (secondary N) is 1. The average Bonchev–Trinajstić information content (AvgIpc) is 2.70. The highest BCUT2D eigenvalue weighted by molar-refractivity contribution is 9.10. The third-order valence-electron chi connectivity index (χ3n) is 4.74. The highest BCUT2D eigenvalue weighted by atomic mass is 79.9. The predicted molar refractivity (Wildman–Crippen MR) is 106 cm³/mol. The van der Waals surface area contributed by atoms with Crippen LogP contribution in [0.5, 0.6) is 11.5 Å². The second kappa shape index (κ2) is 7.70. The van der Waals surface area contributed by atoms with Crippen LogP contribution < -0.4 is 19.7 Å². The minimum absolute atomic E-state index is 0.185. The van der Waals surface area contributed by atoms with E-state index in [-0.39, 0.29) is 36.5 Å². The summed E-state index contributed by atoms with van der Waals surface area (Å²) in [5, 5.41) is 14.0. The fraction of sp³-hybridized carbons (Fsp3) is 0.263. The van der Waals surface area contributed by atoms with Gasteiger partial charge in [-0.3, -0.25) is 24.6 Å². The zero-order chi connectivity index (χ0) is 20.5. The largest absolute Gasteiger partial charge is 0.493 e. The molecule has 0 saturated heterocycles. The van der Waals surface area contributed by atoms with Crippen molar-refractivity contribution in [3.63, 3.8) is 0 Å². The van der Waals surface area contributed by atoms with Crippen molar-refractivity contribution in [3.8, 4) is 11.5 Å². The molecule has 0 aromatic heterocycles. The molecule has 0 radical (unpaired) electrons. The number of nitrogens with zero attached hydrogens (tertiary/aromatic N) is 2. The van der Waals surface area contributed by atoms with Gasteiger partial charge in [-0.05, 0) is 24.3 Å². The van der Waals surface area contributed by atoms with Crippen molar-refractivity contribution in [1.29, 1.82) is 0 Å². The highest BCUT2D eigenvalue weighted by Crippen LogP contribution is 2.36. The Morgan fingerprint density at radius 1 is 1.24 bits per heavy atom. The number of carbonyl (C=O) groups excluding carboxylic acids is 2. The van der Waals surface area contributed by atoms with Crippen molar-refractivity contribution in [1.82, 2.24) is 5.32 Å².